The molecule has 1 aromatic rings. The average Bonchev–Trinajstić information content (AvgIpc) is 2.01. The highest BCUT2D eigenvalue weighted by Crippen LogP contribution is 1.95. The van der Waals surface area contributed by atoms with Crippen LogP contribution in [0.15, 0.2) is 9.59 Å². The maximum atomic E-state index is 11.0. The Morgan fingerprint density at radius 2 is 1.79 bits per heavy atom. The maximum Gasteiger partial charge on any atom is 0.353 e. The lowest BCUT2D eigenvalue weighted by Crippen LogP contribution is -2.34. The molecular formula is C6H5N3O5. The average molecular weight is 199 g/mol. The number of carbonyl (C=O) groups excluding carboxylic acids is 1. The number of aromatic nitrogens is 2. The van der Waals surface area contributed by atoms with E-state index in [0.29, 0.717) is 0 Å². The van der Waals surface area contributed by atoms with Crippen molar-refractivity contribution in [3.63, 3.8) is 0 Å². The number of carbonyl (C=O) groups is 2. The maximum absolute atomic E-state index is 11.0. The van der Waals surface area contributed by atoms with Gasteiger partial charge in [0.1, 0.15) is 11.3 Å². The van der Waals surface area contributed by atoms with Crippen molar-refractivity contribution in [2.24, 2.45) is 5.73 Å². The number of hydrogen-bond donors (Lipinski definition) is 4. The molecule has 0 unspecified atom stereocenters. The summed E-state index contributed by atoms with van der Waals surface area (Å²) in [5, 5.41) is 8.53. The van der Waals surface area contributed by atoms with E-state index in [1.54, 1.807) is 9.97 Å². The molecule has 0 aliphatic heterocycles. The van der Waals surface area contributed by atoms with Crippen molar-refractivity contribution in [2.45, 2.75) is 0 Å². The molecule has 0 bridgehead atoms. The number of primary amides is 1. The summed E-state index contributed by atoms with van der Waals surface area (Å²) >= 11 is 0. The minimum absolute atomic E-state index is 0.780. The van der Waals surface area contributed by atoms with Crippen LogP contribution in [0.5, 0.6) is 0 Å². The summed E-state index contributed by atoms with van der Waals surface area (Å²) < 4.78 is 0. The van der Waals surface area contributed by atoms with Gasteiger partial charge in [-0.05, 0) is 0 Å². The lowest BCUT2D eigenvalue weighted by Gasteiger charge is -1.98. The molecule has 5 N–H and O–H groups in total. The monoisotopic (exact) mass is 199 g/mol. The predicted molar refractivity (Wildman–Crippen MR) is 43.2 cm³/mol. The van der Waals surface area contributed by atoms with Gasteiger partial charge in [-0.2, -0.15) is 0 Å². The molecule has 0 saturated heterocycles. The molecule has 0 aliphatic carbocycles. The van der Waals surface area contributed by atoms with E-state index in [9.17, 15) is 19.2 Å². The Labute approximate surface area is 75.4 Å². The Hall–Kier alpha value is -2.38. The second kappa shape index (κ2) is 3.17. The van der Waals surface area contributed by atoms with Gasteiger partial charge < -0.3 is 15.8 Å². The standard InChI is InChI=1S/C6H5N3O5/c7-3(10)1-2(5(12)13)8-6(14)9-4(1)11/h(H2,7,10)(H,12,13)(H2,8,9,11,14). The van der Waals surface area contributed by atoms with Crippen LogP contribution in [-0.4, -0.2) is 27.0 Å². The molecule has 0 aliphatic rings. The van der Waals surface area contributed by atoms with E-state index in [4.69, 9.17) is 10.8 Å². The number of nitrogens with two attached hydrogens (primary N) is 1. The lowest BCUT2D eigenvalue weighted by molar-refractivity contribution is 0.0684. The first-order valence-electron chi connectivity index (χ1n) is 3.33. The zero-order valence-electron chi connectivity index (χ0n) is 6.66. The molecule has 0 spiro atoms. The Bertz CT molecular complexity index is 511. The van der Waals surface area contributed by atoms with E-state index < -0.39 is 34.4 Å². The third-order valence-electron chi connectivity index (χ3n) is 1.40. The molecule has 0 atom stereocenters. The van der Waals surface area contributed by atoms with Crippen LogP contribution in [0, 0.1) is 0 Å². The predicted octanol–water partition coefficient (Wildman–Crippen LogP) is -2.14. The van der Waals surface area contributed by atoms with E-state index >= 15 is 0 Å². The minimum atomic E-state index is -1.61. The van der Waals surface area contributed by atoms with E-state index in [0.717, 1.165) is 0 Å². The molecule has 14 heavy (non-hydrogen) atoms. The fourth-order valence-corrected chi connectivity index (χ4v) is 0.882. The summed E-state index contributed by atoms with van der Waals surface area (Å²) in [4.78, 5) is 46.3. The molecule has 8 nitrogen and oxygen atoms in total. The topological polar surface area (TPSA) is 146 Å². The number of amides is 1. The number of aromatic amines is 2. The Morgan fingerprint density at radius 3 is 2.21 bits per heavy atom. The highest BCUT2D eigenvalue weighted by atomic mass is 16.4. The fraction of sp³-hybridized carbons (Fsp3) is 0. The van der Waals surface area contributed by atoms with Crippen LogP contribution in [0.4, 0.5) is 0 Å². The van der Waals surface area contributed by atoms with Crippen LogP contribution >= 0.6 is 0 Å². The van der Waals surface area contributed by atoms with Crippen LogP contribution in [0.2, 0.25) is 0 Å². The van der Waals surface area contributed by atoms with Crippen LogP contribution in [0.3, 0.4) is 0 Å². The largest absolute Gasteiger partial charge is 0.477 e. The Kier molecular flexibility index (Phi) is 2.19. The number of nitrogens with one attached hydrogen (secondary N) is 2. The molecule has 1 aromatic heterocycles. The summed E-state index contributed by atoms with van der Waals surface area (Å²) in [6.45, 7) is 0. The van der Waals surface area contributed by atoms with Crippen molar-refractivity contribution in [2.75, 3.05) is 0 Å². The normalized spacial score (nSPS) is 9.71. The number of aromatic carboxylic acids is 1. The quantitative estimate of drug-likeness (QED) is 0.429. The molecule has 0 fully saturated rings. The summed E-state index contributed by atoms with van der Waals surface area (Å²) in [7, 11) is 0. The van der Waals surface area contributed by atoms with Gasteiger partial charge in [0.05, 0.1) is 0 Å². The van der Waals surface area contributed by atoms with E-state index in [2.05, 4.69) is 0 Å². The smallest absolute Gasteiger partial charge is 0.353 e. The van der Waals surface area contributed by atoms with E-state index in [1.165, 1.54) is 0 Å². The molecule has 8 heteroatoms. The number of carboxylic acid groups (broad SMARTS) is 1. The molecule has 1 heterocycles. The molecule has 0 radical (unpaired) electrons. The SMILES string of the molecule is NC(=O)c1c(C(=O)O)[nH]c(=O)[nH]c1=O. The van der Waals surface area contributed by atoms with Crippen molar-refractivity contribution < 1.29 is 14.7 Å². The first-order chi connectivity index (χ1) is 6.43. The van der Waals surface area contributed by atoms with E-state index in [-0.39, 0.29) is 0 Å². The second-order valence-corrected chi connectivity index (χ2v) is 2.33. The second-order valence-electron chi connectivity index (χ2n) is 2.33. The van der Waals surface area contributed by atoms with Crippen LogP contribution in [-0.2, 0) is 0 Å². The number of H-pyrrole nitrogens is 2. The zero-order chi connectivity index (χ0) is 10.9. The van der Waals surface area contributed by atoms with Gasteiger partial charge in [-0.3, -0.25) is 14.6 Å². The third-order valence-corrected chi connectivity index (χ3v) is 1.40. The van der Waals surface area contributed by atoms with Crippen molar-refractivity contribution in [1.29, 1.82) is 0 Å². The summed E-state index contributed by atoms with van der Waals surface area (Å²) in [6, 6.07) is 0. The Morgan fingerprint density at radius 1 is 1.21 bits per heavy atom. The van der Waals surface area contributed by atoms with Crippen LogP contribution in [0.25, 0.3) is 0 Å². The van der Waals surface area contributed by atoms with Gasteiger partial charge in [-0.25, -0.2) is 9.59 Å². The van der Waals surface area contributed by atoms with Crippen LogP contribution in [0.1, 0.15) is 20.8 Å². The molecule has 1 rings (SSSR count). The number of hydrogen-bond acceptors (Lipinski definition) is 4. The third kappa shape index (κ3) is 1.53. The molecule has 0 saturated carbocycles. The van der Waals surface area contributed by atoms with Crippen LogP contribution < -0.4 is 17.0 Å². The Balaban J connectivity index is 3.70. The molecule has 1 amide bonds. The summed E-state index contributed by atoms with van der Waals surface area (Å²) in [5.74, 6) is -2.83. The number of rotatable bonds is 2. The molecule has 74 valence electrons. The van der Waals surface area contributed by atoms with Crippen molar-refractivity contribution in [3.8, 4) is 0 Å². The van der Waals surface area contributed by atoms with Gasteiger partial charge in [-0.15, -0.1) is 0 Å². The van der Waals surface area contributed by atoms with Gasteiger partial charge in [0.25, 0.3) is 11.5 Å². The number of carboxylic acids is 1. The van der Waals surface area contributed by atoms with Crippen molar-refractivity contribution >= 4 is 11.9 Å². The fourth-order valence-electron chi connectivity index (χ4n) is 0.882. The summed E-state index contributed by atoms with van der Waals surface area (Å²) in [6.07, 6.45) is 0. The van der Waals surface area contributed by atoms with Gasteiger partial charge >= 0.3 is 11.7 Å². The lowest BCUT2D eigenvalue weighted by atomic mass is 10.2. The van der Waals surface area contributed by atoms with Crippen molar-refractivity contribution in [1.82, 2.24) is 9.97 Å². The van der Waals surface area contributed by atoms with E-state index in [1.807, 2.05) is 0 Å². The van der Waals surface area contributed by atoms with Gasteiger partial charge in [-0.1, -0.05) is 0 Å². The zero-order valence-corrected chi connectivity index (χ0v) is 6.66. The van der Waals surface area contributed by atoms with Gasteiger partial charge in [0, 0.05) is 0 Å². The first-order valence-corrected chi connectivity index (χ1v) is 3.33. The van der Waals surface area contributed by atoms with Gasteiger partial charge in [0.2, 0.25) is 0 Å². The summed E-state index contributed by atoms with van der Waals surface area (Å²) in [5.41, 5.74) is 1.02. The van der Waals surface area contributed by atoms with Crippen molar-refractivity contribution in [3.05, 3.63) is 32.1 Å². The van der Waals surface area contributed by atoms with Gasteiger partial charge in [0.15, 0.2) is 0 Å². The molecule has 0 aromatic carbocycles. The first kappa shape index (κ1) is 9.71. The molecular weight excluding hydrogens is 194 g/mol. The highest BCUT2D eigenvalue weighted by molar-refractivity contribution is 6.02. The minimum Gasteiger partial charge on any atom is -0.477 e. The highest BCUT2D eigenvalue weighted by Gasteiger charge is 2.19.